The Hall–Kier alpha value is -0.850. The zero-order chi connectivity index (χ0) is 15.1. The summed E-state index contributed by atoms with van der Waals surface area (Å²) in [5.41, 5.74) is -0.558. The number of carbonyl (C=O) groups is 1. The average molecular weight is 277 g/mol. The molecule has 0 radical (unpaired) electrons. The van der Waals surface area contributed by atoms with Crippen LogP contribution in [0.4, 0.5) is 4.79 Å². The van der Waals surface area contributed by atoms with Crippen LogP contribution in [0.1, 0.15) is 41.5 Å². The van der Waals surface area contributed by atoms with Crippen LogP contribution in [-0.2, 0) is 14.2 Å². The highest BCUT2D eigenvalue weighted by Crippen LogP contribution is 2.09. The van der Waals surface area contributed by atoms with Crippen LogP contribution >= 0.6 is 0 Å². The predicted octanol–water partition coefficient (Wildman–Crippen LogP) is 1.66. The molecule has 0 aromatic rings. The maximum Gasteiger partial charge on any atom is 0.407 e. The van der Waals surface area contributed by atoms with Crippen molar-refractivity contribution < 1.29 is 24.1 Å². The fourth-order valence-corrected chi connectivity index (χ4v) is 1.43. The van der Waals surface area contributed by atoms with E-state index in [1.54, 1.807) is 34.6 Å². The van der Waals surface area contributed by atoms with Gasteiger partial charge in [-0.05, 0) is 41.5 Å². The van der Waals surface area contributed by atoms with E-state index in [9.17, 15) is 9.90 Å². The predicted molar refractivity (Wildman–Crippen MR) is 71.9 cm³/mol. The number of amides is 1. The van der Waals surface area contributed by atoms with Crippen molar-refractivity contribution in [2.24, 2.45) is 0 Å². The summed E-state index contributed by atoms with van der Waals surface area (Å²) in [7, 11) is 0. The second kappa shape index (κ2) is 8.35. The number of carbonyl (C=O) groups excluding carboxylic acids is 1. The second-order valence-corrected chi connectivity index (χ2v) is 5.31. The summed E-state index contributed by atoms with van der Waals surface area (Å²) in [6.45, 7) is 11.0. The lowest BCUT2D eigenvalue weighted by Gasteiger charge is -2.27. The first kappa shape index (κ1) is 18.1. The molecule has 3 atom stereocenters. The van der Waals surface area contributed by atoms with E-state index in [1.807, 2.05) is 6.92 Å². The molecule has 0 saturated heterocycles. The van der Waals surface area contributed by atoms with Crippen LogP contribution in [0.5, 0.6) is 0 Å². The van der Waals surface area contributed by atoms with Crippen molar-refractivity contribution >= 4 is 6.09 Å². The molecular weight excluding hydrogens is 250 g/mol. The number of rotatable bonds is 7. The van der Waals surface area contributed by atoms with Gasteiger partial charge >= 0.3 is 6.09 Å². The molecule has 1 unspecified atom stereocenters. The van der Waals surface area contributed by atoms with Crippen molar-refractivity contribution in [3.05, 3.63) is 0 Å². The second-order valence-electron chi connectivity index (χ2n) is 5.31. The lowest BCUT2D eigenvalue weighted by atomic mass is 10.2. The summed E-state index contributed by atoms with van der Waals surface area (Å²) in [5, 5.41) is 11.9. The third kappa shape index (κ3) is 8.80. The van der Waals surface area contributed by atoms with E-state index in [0.29, 0.717) is 6.61 Å². The molecule has 0 aromatic heterocycles. The van der Waals surface area contributed by atoms with Gasteiger partial charge in [-0.1, -0.05) is 0 Å². The van der Waals surface area contributed by atoms with Crippen LogP contribution in [0.25, 0.3) is 0 Å². The van der Waals surface area contributed by atoms with Crippen molar-refractivity contribution in [2.45, 2.75) is 65.6 Å². The maximum absolute atomic E-state index is 11.6. The number of nitrogens with one attached hydrogen (secondary N) is 1. The number of aliphatic hydroxyl groups is 1. The zero-order valence-corrected chi connectivity index (χ0v) is 12.7. The monoisotopic (exact) mass is 277 g/mol. The number of hydrogen-bond acceptors (Lipinski definition) is 5. The van der Waals surface area contributed by atoms with Gasteiger partial charge in [0.05, 0.1) is 12.6 Å². The fraction of sp³-hybridized carbons (Fsp3) is 0.923. The maximum atomic E-state index is 11.6. The van der Waals surface area contributed by atoms with E-state index in [-0.39, 0.29) is 12.6 Å². The SMILES string of the molecule is CCOC(C)O[C@H](CO)[C@H](C)NC(=O)OC(C)(C)C. The minimum absolute atomic E-state index is 0.214. The van der Waals surface area contributed by atoms with Gasteiger partial charge in [0.1, 0.15) is 11.7 Å². The molecular formula is C13H27NO5. The van der Waals surface area contributed by atoms with Crippen LogP contribution < -0.4 is 5.32 Å². The molecule has 6 nitrogen and oxygen atoms in total. The highest BCUT2D eigenvalue weighted by Gasteiger charge is 2.24. The summed E-state index contributed by atoms with van der Waals surface area (Å²) in [4.78, 5) is 11.6. The smallest absolute Gasteiger partial charge is 0.407 e. The van der Waals surface area contributed by atoms with Gasteiger partial charge in [-0.15, -0.1) is 0 Å². The molecule has 2 N–H and O–H groups in total. The Morgan fingerprint density at radius 3 is 2.32 bits per heavy atom. The molecule has 114 valence electrons. The minimum Gasteiger partial charge on any atom is -0.444 e. The van der Waals surface area contributed by atoms with Crippen LogP contribution in [0.2, 0.25) is 0 Å². The molecule has 6 heteroatoms. The van der Waals surface area contributed by atoms with Crippen LogP contribution in [0.15, 0.2) is 0 Å². The van der Waals surface area contributed by atoms with E-state index in [2.05, 4.69) is 5.32 Å². The zero-order valence-electron chi connectivity index (χ0n) is 12.7. The Kier molecular flexibility index (Phi) is 7.97. The van der Waals surface area contributed by atoms with Crippen LogP contribution in [0, 0.1) is 0 Å². The summed E-state index contributed by atoms with van der Waals surface area (Å²) >= 11 is 0. The van der Waals surface area contributed by atoms with E-state index in [0.717, 1.165) is 0 Å². The van der Waals surface area contributed by atoms with Crippen LogP contribution in [0.3, 0.4) is 0 Å². The third-order valence-electron chi connectivity index (χ3n) is 2.25. The summed E-state index contributed by atoms with van der Waals surface area (Å²) in [6.07, 6.45) is -1.52. The van der Waals surface area contributed by atoms with Gasteiger partial charge < -0.3 is 24.6 Å². The first-order chi connectivity index (χ1) is 8.69. The van der Waals surface area contributed by atoms with Gasteiger partial charge in [0.2, 0.25) is 0 Å². The Morgan fingerprint density at radius 1 is 1.32 bits per heavy atom. The van der Waals surface area contributed by atoms with Gasteiger partial charge in [-0.25, -0.2) is 4.79 Å². The molecule has 0 aromatic carbocycles. The molecule has 0 heterocycles. The van der Waals surface area contributed by atoms with Crippen molar-refractivity contribution in [2.75, 3.05) is 13.2 Å². The van der Waals surface area contributed by atoms with Crippen molar-refractivity contribution in [1.82, 2.24) is 5.32 Å². The third-order valence-corrected chi connectivity index (χ3v) is 2.25. The number of hydrogen-bond donors (Lipinski definition) is 2. The summed E-state index contributed by atoms with van der Waals surface area (Å²) in [5.74, 6) is 0. The number of alkyl carbamates (subject to hydrolysis) is 1. The van der Waals surface area contributed by atoms with Gasteiger partial charge in [-0.3, -0.25) is 0 Å². The molecule has 0 rings (SSSR count). The van der Waals surface area contributed by atoms with Gasteiger partial charge in [0.25, 0.3) is 0 Å². The van der Waals surface area contributed by atoms with E-state index in [1.165, 1.54) is 0 Å². The largest absolute Gasteiger partial charge is 0.444 e. The van der Waals surface area contributed by atoms with Crippen molar-refractivity contribution in [3.63, 3.8) is 0 Å². The molecule has 0 bridgehead atoms. The Balaban J connectivity index is 4.27. The first-order valence-corrected chi connectivity index (χ1v) is 6.57. The normalized spacial score (nSPS) is 16.6. The lowest BCUT2D eigenvalue weighted by molar-refractivity contribution is -0.171. The average Bonchev–Trinajstić information content (AvgIpc) is 2.23. The summed E-state index contributed by atoms with van der Waals surface area (Å²) < 4.78 is 15.9. The van der Waals surface area contributed by atoms with Gasteiger partial charge in [0.15, 0.2) is 6.29 Å². The Morgan fingerprint density at radius 2 is 1.89 bits per heavy atom. The highest BCUT2D eigenvalue weighted by atomic mass is 16.7. The topological polar surface area (TPSA) is 77.0 Å². The lowest BCUT2D eigenvalue weighted by Crippen LogP contribution is -2.47. The molecule has 0 saturated carbocycles. The van der Waals surface area contributed by atoms with E-state index >= 15 is 0 Å². The van der Waals surface area contributed by atoms with Gasteiger partial charge in [0, 0.05) is 6.61 Å². The number of aliphatic hydroxyl groups excluding tert-OH is 1. The molecule has 0 aliphatic carbocycles. The Bertz CT molecular complexity index is 264. The molecule has 1 amide bonds. The fourth-order valence-electron chi connectivity index (χ4n) is 1.43. The molecule has 0 aliphatic heterocycles. The van der Waals surface area contributed by atoms with Crippen molar-refractivity contribution in [1.29, 1.82) is 0 Å². The van der Waals surface area contributed by atoms with Gasteiger partial charge in [-0.2, -0.15) is 0 Å². The Labute approximate surface area is 115 Å². The quantitative estimate of drug-likeness (QED) is 0.692. The minimum atomic E-state index is -0.558. The first-order valence-electron chi connectivity index (χ1n) is 6.57. The van der Waals surface area contributed by atoms with Crippen LogP contribution in [-0.4, -0.2) is 48.5 Å². The molecule has 0 spiro atoms. The van der Waals surface area contributed by atoms with E-state index < -0.39 is 24.1 Å². The molecule has 0 fully saturated rings. The van der Waals surface area contributed by atoms with Crippen molar-refractivity contribution in [3.8, 4) is 0 Å². The summed E-state index contributed by atoms with van der Waals surface area (Å²) in [6, 6.07) is -0.386. The highest BCUT2D eigenvalue weighted by molar-refractivity contribution is 5.68. The number of ether oxygens (including phenoxy) is 3. The molecule has 19 heavy (non-hydrogen) atoms. The van der Waals surface area contributed by atoms with E-state index in [4.69, 9.17) is 14.2 Å². The molecule has 0 aliphatic rings. The standard InChI is InChI=1S/C13H27NO5/c1-7-17-10(3)18-11(8-15)9(2)14-12(16)19-13(4,5)6/h9-11,15H,7-8H2,1-6H3,(H,14,16)/t9-,10?,11+/m0/s1.